The molecule has 0 fully saturated rings. The van der Waals surface area contributed by atoms with Gasteiger partial charge in [0.15, 0.2) is 0 Å². The van der Waals surface area contributed by atoms with Crippen molar-refractivity contribution in [2.75, 3.05) is 0 Å². The third-order valence-electron chi connectivity index (χ3n) is 2.84. The lowest BCUT2D eigenvalue weighted by atomic mass is 10.0. The summed E-state index contributed by atoms with van der Waals surface area (Å²) in [6.45, 7) is 4.53. The van der Waals surface area contributed by atoms with Crippen molar-refractivity contribution >= 4 is 10.5 Å². The maximum atomic E-state index is 5.62. The van der Waals surface area contributed by atoms with Crippen molar-refractivity contribution in [1.29, 1.82) is 0 Å². The minimum absolute atomic E-state index is 0.588. The van der Waals surface area contributed by atoms with Crippen LogP contribution < -0.4 is 0 Å². The molecule has 0 bridgehead atoms. The van der Waals surface area contributed by atoms with Crippen molar-refractivity contribution in [2.45, 2.75) is 77.7 Å². The molecule has 86 valence electrons. The third kappa shape index (κ3) is 8.76. The van der Waals surface area contributed by atoms with Crippen molar-refractivity contribution in [2.24, 2.45) is 0 Å². The number of hydrogen-bond acceptors (Lipinski definition) is 1. The summed E-state index contributed by atoms with van der Waals surface area (Å²) in [5.74, 6) is 0. The normalized spacial score (nSPS) is 13.3. The van der Waals surface area contributed by atoms with Crippen LogP contribution in [0.15, 0.2) is 0 Å². The summed E-state index contributed by atoms with van der Waals surface area (Å²) in [5.41, 5.74) is 0. The maximum absolute atomic E-state index is 5.62. The Morgan fingerprint density at radius 3 is 1.86 bits per heavy atom. The second-order valence-electron chi connectivity index (χ2n) is 4.20. The lowest BCUT2D eigenvalue weighted by molar-refractivity contribution is 0.189. The molecule has 0 aliphatic carbocycles. The Morgan fingerprint density at radius 1 is 0.857 bits per heavy atom. The number of rotatable bonds is 10. The highest BCUT2D eigenvalue weighted by Gasteiger charge is 2.05. The molecule has 0 rings (SSSR count). The average Bonchev–Trinajstić information content (AvgIpc) is 2.22. The van der Waals surface area contributed by atoms with E-state index in [0.29, 0.717) is 6.10 Å². The van der Waals surface area contributed by atoms with E-state index in [0.717, 1.165) is 10.5 Å². The molecular formula is C12H28OSi. The zero-order chi connectivity index (χ0) is 10.6. The quantitative estimate of drug-likeness (QED) is 0.402. The minimum Gasteiger partial charge on any atom is -0.425 e. The highest BCUT2D eigenvalue weighted by molar-refractivity contribution is 5.98. The van der Waals surface area contributed by atoms with Crippen LogP contribution in [0.2, 0.25) is 0 Å². The van der Waals surface area contributed by atoms with E-state index in [1.54, 1.807) is 0 Å². The molecule has 0 saturated carbocycles. The van der Waals surface area contributed by atoms with E-state index >= 15 is 0 Å². The Morgan fingerprint density at radius 2 is 1.36 bits per heavy atom. The summed E-state index contributed by atoms with van der Waals surface area (Å²) in [6.07, 6.45) is 12.7. The van der Waals surface area contributed by atoms with Crippen LogP contribution in [0.25, 0.3) is 0 Å². The van der Waals surface area contributed by atoms with E-state index < -0.39 is 0 Å². The summed E-state index contributed by atoms with van der Waals surface area (Å²) in [6, 6.07) is 0. The van der Waals surface area contributed by atoms with Gasteiger partial charge in [-0.15, -0.1) is 0 Å². The first kappa shape index (κ1) is 14.2. The monoisotopic (exact) mass is 216 g/mol. The summed E-state index contributed by atoms with van der Waals surface area (Å²) < 4.78 is 5.62. The second-order valence-corrected chi connectivity index (χ2v) is 4.67. The fourth-order valence-electron chi connectivity index (χ4n) is 1.80. The van der Waals surface area contributed by atoms with Crippen LogP contribution in [0.1, 0.15) is 71.6 Å². The summed E-state index contributed by atoms with van der Waals surface area (Å²) >= 11 is 0. The van der Waals surface area contributed by atoms with E-state index in [9.17, 15) is 0 Å². The van der Waals surface area contributed by atoms with Gasteiger partial charge >= 0.3 is 0 Å². The number of hydrogen-bond donors (Lipinski definition) is 0. The van der Waals surface area contributed by atoms with E-state index in [1.165, 1.54) is 57.8 Å². The van der Waals surface area contributed by atoms with Gasteiger partial charge in [0.25, 0.3) is 0 Å². The van der Waals surface area contributed by atoms with Gasteiger partial charge in [-0.3, -0.25) is 0 Å². The van der Waals surface area contributed by atoms with Gasteiger partial charge in [0.05, 0.1) is 0 Å². The van der Waals surface area contributed by atoms with Crippen LogP contribution in [0, 0.1) is 0 Å². The van der Waals surface area contributed by atoms with Gasteiger partial charge in [-0.2, -0.15) is 0 Å². The van der Waals surface area contributed by atoms with Gasteiger partial charge in [-0.25, -0.2) is 0 Å². The Balaban J connectivity index is 3.28. The molecule has 0 aliphatic heterocycles. The molecule has 1 atom stereocenters. The van der Waals surface area contributed by atoms with Gasteiger partial charge in [-0.05, 0) is 12.8 Å². The van der Waals surface area contributed by atoms with Crippen molar-refractivity contribution in [3.8, 4) is 0 Å². The van der Waals surface area contributed by atoms with Crippen LogP contribution in [0.3, 0.4) is 0 Å². The molecule has 0 saturated heterocycles. The Kier molecular flexibility index (Phi) is 11.4. The molecule has 1 unspecified atom stereocenters. The predicted molar refractivity (Wildman–Crippen MR) is 67.7 cm³/mol. The maximum Gasteiger partial charge on any atom is 0.146 e. The minimum atomic E-state index is 0.588. The molecule has 0 spiro atoms. The zero-order valence-corrected chi connectivity index (χ0v) is 12.3. The molecular weight excluding hydrogens is 188 g/mol. The lowest BCUT2D eigenvalue weighted by Gasteiger charge is -2.15. The SMILES string of the molecule is CCCCCCC(CCCCC)O[SiH3]. The molecule has 1 nitrogen and oxygen atoms in total. The van der Waals surface area contributed by atoms with E-state index in [2.05, 4.69) is 13.8 Å². The van der Waals surface area contributed by atoms with E-state index in [-0.39, 0.29) is 0 Å². The van der Waals surface area contributed by atoms with Crippen molar-refractivity contribution in [1.82, 2.24) is 0 Å². The third-order valence-corrected chi connectivity index (χ3v) is 3.51. The van der Waals surface area contributed by atoms with Crippen LogP contribution >= 0.6 is 0 Å². The first-order valence-corrected chi connectivity index (χ1v) is 7.19. The summed E-state index contributed by atoms with van der Waals surface area (Å²) in [4.78, 5) is 0. The molecule has 14 heavy (non-hydrogen) atoms. The molecule has 0 radical (unpaired) electrons. The molecule has 0 heterocycles. The molecule has 2 heteroatoms. The predicted octanol–water partition coefficient (Wildman–Crippen LogP) is 3.20. The van der Waals surface area contributed by atoms with E-state index in [1.807, 2.05) is 0 Å². The van der Waals surface area contributed by atoms with Crippen molar-refractivity contribution < 1.29 is 4.43 Å². The van der Waals surface area contributed by atoms with E-state index in [4.69, 9.17) is 4.43 Å². The fraction of sp³-hybridized carbons (Fsp3) is 1.00. The second kappa shape index (κ2) is 11.3. The largest absolute Gasteiger partial charge is 0.425 e. The first-order chi connectivity index (χ1) is 6.85. The van der Waals surface area contributed by atoms with Crippen molar-refractivity contribution in [3.05, 3.63) is 0 Å². The summed E-state index contributed by atoms with van der Waals surface area (Å²) in [7, 11) is 0.910. The van der Waals surface area contributed by atoms with Crippen LogP contribution in [0.5, 0.6) is 0 Å². The van der Waals surface area contributed by atoms with Crippen LogP contribution in [-0.2, 0) is 4.43 Å². The Hall–Kier alpha value is 0.177. The Bertz CT molecular complexity index is 106. The smallest absolute Gasteiger partial charge is 0.146 e. The zero-order valence-electron chi connectivity index (χ0n) is 10.3. The van der Waals surface area contributed by atoms with Crippen molar-refractivity contribution in [3.63, 3.8) is 0 Å². The molecule has 0 amide bonds. The molecule has 0 aromatic rings. The van der Waals surface area contributed by atoms with Gasteiger partial charge in [-0.1, -0.05) is 58.8 Å². The summed E-state index contributed by atoms with van der Waals surface area (Å²) in [5, 5.41) is 0. The lowest BCUT2D eigenvalue weighted by Crippen LogP contribution is -2.11. The molecule has 0 aromatic carbocycles. The van der Waals surface area contributed by atoms with Crippen LogP contribution in [0.4, 0.5) is 0 Å². The van der Waals surface area contributed by atoms with Gasteiger partial charge in [0.2, 0.25) is 0 Å². The standard InChI is InChI=1S/C12H28OSi/c1-3-5-7-9-11-12(13-14)10-8-6-4-2/h12H,3-11H2,1-2,14H3. The number of unbranched alkanes of at least 4 members (excludes halogenated alkanes) is 5. The highest BCUT2D eigenvalue weighted by atomic mass is 28.2. The van der Waals surface area contributed by atoms with Gasteiger partial charge < -0.3 is 4.43 Å². The Labute approximate surface area is 93.2 Å². The molecule has 0 N–H and O–H groups in total. The molecule has 0 aliphatic rings. The molecule has 0 aromatic heterocycles. The highest BCUT2D eigenvalue weighted by Crippen LogP contribution is 2.13. The first-order valence-electron chi connectivity index (χ1n) is 6.37. The van der Waals surface area contributed by atoms with Gasteiger partial charge in [0, 0.05) is 6.10 Å². The topological polar surface area (TPSA) is 9.23 Å². The van der Waals surface area contributed by atoms with Crippen LogP contribution in [-0.4, -0.2) is 16.6 Å². The van der Waals surface area contributed by atoms with Gasteiger partial charge in [0.1, 0.15) is 10.5 Å². The fourth-order valence-corrected chi connectivity index (χ4v) is 2.27. The average molecular weight is 216 g/mol.